The van der Waals surface area contributed by atoms with E-state index in [1.54, 1.807) is 6.07 Å². The van der Waals surface area contributed by atoms with E-state index in [4.69, 9.17) is 10.8 Å². The summed E-state index contributed by atoms with van der Waals surface area (Å²) in [6.07, 6.45) is 7.83. The van der Waals surface area contributed by atoms with Crippen molar-refractivity contribution < 1.29 is 19.1 Å². The largest absolute Gasteiger partial charge is 0.477 e. The van der Waals surface area contributed by atoms with E-state index < -0.39 is 14.3 Å². The first kappa shape index (κ1) is 29.5. The van der Waals surface area contributed by atoms with Gasteiger partial charge in [0.05, 0.1) is 6.10 Å². The molecule has 0 radical (unpaired) electrons. The van der Waals surface area contributed by atoms with Gasteiger partial charge in [0.2, 0.25) is 0 Å². The van der Waals surface area contributed by atoms with E-state index in [2.05, 4.69) is 56.9 Å². The van der Waals surface area contributed by atoms with Crippen LogP contribution >= 0.6 is 23.1 Å². The van der Waals surface area contributed by atoms with Gasteiger partial charge in [0.25, 0.3) is 5.24 Å². The second-order valence-corrected chi connectivity index (χ2v) is 17.8. The van der Waals surface area contributed by atoms with Crippen LogP contribution in [0.4, 0.5) is 4.79 Å². The Morgan fingerprint density at radius 3 is 2.65 bits per heavy atom. The third-order valence-corrected chi connectivity index (χ3v) is 13.6. The van der Waals surface area contributed by atoms with Crippen molar-refractivity contribution in [3.63, 3.8) is 0 Å². The van der Waals surface area contributed by atoms with Crippen LogP contribution in [-0.2, 0) is 17.3 Å². The quantitative estimate of drug-likeness (QED) is 0.255. The zero-order valence-corrected chi connectivity index (χ0v) is 25.1. The van der Waals surface area contributed by atoms with Crippen molar-refractivity contribution >= 4 is 42.6 Å². The Bertz CT molecular complexity index is 1140. The van der Waals surface area contributed by atoms with Crippen molar-refractivity contribution in [3.8, 4) is 12.3 Å². The topological polar surface area (TPSA) is 70.1 Å². The van der Waals surface area contributed by atoms with E-state index in [9.17, 15) is 14.7 Å². The number of hydrogen-bond donors (Lipinski definition) is 1. The van der Waals surface area contributed by atoms with Crippen LogP contribution < -0.4 is 0 Å². The number of carbonyl (C=O) groups is 2. The Kier molecular flexibility index (Phi) is 10.1. The van der Waals surface area contributed by atoms with Crippen LogP contribution in [0.3, 0.4) is 0 Å². The highest BCUT2D eigenvalue weighted by molar-refractivity contribution is 8.13. The smallest absolute Gasteiger partial charge is 0.345 e. The fourth-order valence-corrected chi connectivity index (χ4v) is 7.05. The molecular weight excluding hydrogens is 521 g/mol. The van der Waals surface area contributed by atoms with Crippen LogP contribution in [0, 0.1) is 12.3 Å². The maximum atomic E-state index is 12.8. The fraction of sp³-hybridized carbons (Fsp3) is 0.500. The van der Waals surface area contributed by atoms with Gasteiger partial charge in [0.1, 0.15) is 4.88 Å². The number of amides is 1. The molecule has 1 atom stereocenters. The molecule has 37 heavy (non-hydrogen) atoms. The maximum Gasteiger partial charge on any atom is 0.345 e. The minimum Gasteiger partial charge on any atom is -0.477 e. The standard InChI is InChI=1S/C28H38N2O4S2Si/c1-7-21-9-8-10-22(19-21)20-23(34-37(5,6)28(2,3)4)13-15-29-17-18-35-27(33)30(29)16-14-24-11-12-25(36-24)26(31)32/h1,8-12,19,23H,13-18,20H2,2-6H3,(H,31,32). The lowest BCUT2D eigenvalue weighted by Crippen LogP contribution is -2.51. The first-order chi connectivity index (χ1) is 17.4. The number of rotatable bonds is 11. The molecule has 0 spiro atoms. The van der Waals surface area contributed by atoms with Gasteiger partial charge < -0.3 is 9.53 Å². The number of aromatic carboxylic acids is 1. The molecule has 1 fully saturated rings. The summed E-state index contributed by atoms with van der Waals surface area (Å²) < 4.78 is 6.89. The fourth-order valence-electron chi connectivity index (χ4n) is 4.00. The summed E-state index contributed by atoms with van der Waals surface area (Å²) in [6.45, 7) is 13.3. The highest BCUT2D eigenvalue weighted by Crippen LogP contribution is 2.38. The molecule has 0 saturated carbocycles. The summed E-state index contributed by atoms with van der Waals surface area (Å²) in [5, 5.41) is 13.3. The number of thiophene rings is 1. The van der Waals surface area contributed by atoms with Crippen LogP contribution in [0.15, 0.2) is 36.4 Å². The molecule has 6 nitrogen and oxygen atoms in total. The van der Waals surface area contributed by atoms with Gasteiger partial charge in [-0.05, 0) is 60.8 Å². The van der Waals surface area contributed by atoms with Gasteiger partial charge in [-0.15, -0.1) is 17.8 Å². The third-order valence-electron chi connectivity index (χ3n) is 7.10. The van der Waals surface area contributed by atoms with E-state index in [0.717, 1.165) is 41.1 Å². The molecule has 1 N–H and O–H groups in total. The highest BCUT2D eigenvalue weighted by atomic mass is 32.2. The molecular formula is C28H38N2O4S2Si. The number of terminal acetylenes is 1. The molecule has 1 aliphatic heterocycles. The summed E-state index contributed by atoms with van der Waals surface area (Å²) in [5.41, 5.74) is 2.03. The monoisotopic (exact) mass is 558 g/mol. The van der Waals surface area contributed by atoms with Gasteiger partial charge in [0.15, 0.2) is 8.32 Å². The highest BCUT2D eigenvalue weighted by Gasteiger charge is 2.39. The number of hydrazine groups is 1. The van der Waals surface area contributed by atoms with Crippen LogP contribution in [0.25, 0.3) is 0 Å². The number of thioether (sulfide) groups is 1. The van der Waals surface area contributed by atoms with Crippen molar-refractivity contribution in [1.29, 1.82) is 0 Å². The van der Waals surface area contributed by atoms with Crippen molar-refractivity contribution in [2.24, 2.45) is 0 Å². The summed E-state index contributed by atoms with van der Waals surface area (Å²) in [7, 11) is -2.02. The van der Waals surface area contributed by atoms with Crippen molar-refractivity contribution in [3.05, 3.63) is 57.3 Å². The molecule has 3 rings (SSSR count). The lowest BCUT2D eigenvalue weighted by molar-refractivity contribution is 0.0161. The Labute approximate surface area is 230 Å². The van der Waals surface area contributed by atoms with Gasteiger partial charge in [-0.25, -0.2) is 9.80 Å². The molecule has 1 unspecified atom stereocenters. The van der Waals surface area contributed by atoms with E-state index >= 15 is 0 Å². The third kappa shape index (κ3) is 8.19. The number of hydrogen-bond acceptors (Lipinski definition) is 6. The average molecular weight is 559 g/mol. The number of carboxylic acid groups (broad SMARTS) is 1. The normalized spacial score (nSPS) is 16.0. The Balaban J connectivity index is 1.71. The Hall–Kier alpha value is -2.09. The van der Waals surface area contributed by atoms with E-state index in [0.29, 0.717) is 24.4 Å². The maximum absolute atomic E-state index is 12.8. The van der Waals surface area contributed by atoms with Crippen LogP contribution in [-0.4, -0.2) is 66.1 Å². The zero-order chi connectivity index (χ0) is 27.2. The van der Waals surface area contributed by atoms with Crippen LogP contribution in [0.5, 0.6) is 0 Å². The first-order valence-electron chi connectivity index (χ1n) is 12.6. The SMILES string of the molecule is C#Cc1cccc(CC(CCN2CCSC(=O)N2CCc2ccc(C(=O)O)s2)O[Si](C)(C)C(C)(C)C)c1. The molecule has 2 heterocycles. The molecule has 2 aromatic rings. The van der Waals surface area contributed by atoms with E-state index in [1.807, 2.05) is 23.2 Å². The molecule has 1 aliphatic rings. The number of carbonyl (C=O) groups excluding carboxylic acids is 1. The summed E-state index contributed by atoms with van der Waals surface area (Å²) in [6, 6.07) is 11.6. The van der Waals surface area contributed by atoms with Gasteiger partial charge in [-0.1, -0.05) is 50.6 Å². The van der Waals surface area contributed by atoms with Crippen LogP contribution in [0.2, 0.25) is 18.1 Å². The summed E-state index contributed by atoms with van der Waals surface area (Å²) in [4.78, 5) is 25.3. The molecule has 1 amide bonds. The van der Waals surface area contributed by atoms with Gasteiger partial charge in [-0.2, -0.15) is 0 Å². The molecule has 0 aliphatic carbocycles. The molecule has 0 bridgehead atoms. The minimum atomic E-state index is -2.02. The lowest BCUT2D eigenvalue weighted by Gasteiger charge is -2.41. The zero-order valence-electron chi connectivity index (χ0n) is 22.5. The van der Waals surface area contributed by atoms with Gasteiger partial charge in [-0.3, -0.25) is 9.80 Å². The number of nitrogens with zero attached hydrogens (tertiary/aromatic N) is 2. The molecule has 1 aromatic heterocycles. The van der Waals surface area contributed by atoms with Crippen molar-refractivity contribution in [2.45, 2.75) is 64.3 Å². The second-order valence-electron chi connectivity index (χ2n) is 10.8. The molecule has 1 saturated heterocycles. The van der Waals surface area contributed by atoms with E-state index in [-0.39, 0.29) is 16.4 Å². The Morgan fingerprint density at radius 2 is 2.00 bits per heavy atom. The number of carboxylic acids is 1. The average Bonchev–Trinajstić information content (AvgIpc) is 3.30. The predicted molar refractivity (Wildman–Crippen MR) is 156 cm³/mol. The molecule has 200 valence electrons. The summed E-state index contributed by atoms with van der Waals surface area (Å²) in [5.74, 6) is 2.57. The van der Waals surface area contributed by atoms with Crippen molar-refractivity contribution in [1.82, 2.24) is 10.0 Å². The molecule has 9 heteroatoms. The van der Waals surface area contributed by atoms with E-state index in [1.165, 1.54) is 23.1 Å². The van der Waals surface area contributed by atoms with Gasteiger partial charge in [0, 0.05) is 42.2 Å². The van der Waals surface area contributed by atoms with Crippen LogP contribution in [0.1, 0.15) is 52.9 Å². The molecule has 1 aromatic carbocycles. The van der Waals surface area contributed by atoms with Gasteiger partial charge >= 0.3 is 5.97 Å². The second kappa shape index (κ2) is 12.6. The first-order valence-corrected chi connectivity index (χ1v) is 17.3. The predicted octanol–water partition coefficient (Wildman–Crippen LogP) is 6.38. The lowest BCUT2D eigenvalue weighted by atomic mass is 10.0. The van der Waals surface area contributed by atoms with Crippen molar-refractivity contribution in [2.75, 3.05) is 25.4 Å². The minimum absolute atomic E-state index is 0.0101. The Morgan fingerprint density at radius 1 is 1.24 bits per heavy atom. The summed E-state index contributed by atoms with van der Waals surface area (Å²) >= 11 is 2.61. The number of benzene rings is 1.